The molecular formula is C22H22F3N3O. The molecule has 0 amide bonds. The summed E-state index contributed by atoms with van der Waals surface area (Å²) in [6, 6.07) is 9.23. The van der Waals surface area contributed by atoms with E-state index in [1.807, 2.05) is 19.2 Å². The van der Waals surface area contributed by atoms with Crippen LogP contribution in [0.3, 0.4) is 0 Å². The van der Waals surface area contributed by atoms with E-state index >= 15 is 0 Å². The number of likely N-dealkylation sites (tertiary alicyclic amines) is 1. The number of aromatic nitrogens is 2. The minimum atomic E-state index is -4.36. The van der Waals surface area contributed by atoms with Crippen molar-refractivity contribution in [3.05, 3.63) is 71.4 Å². The van der Waals surface area contributed by atoms with Gasteiger partial charge in [0.1, 0.15) is 5.76 Å². The summed E-state index contributed by atoms with van der Waals surface area (Å²) >= 11 is 0. The van der Waals surface area contributed by atoms with Crippen molar-refractivity contribution >= 4 is 0 Å². The molecule has 4 rings (SSSR count). The Morgan fingerprint density at radius 2 is 1.93 bits per heavy atom. The van der Waals surface area contributed by atoms with Gasteiger partial charge in [0.05, 0.1) is 11.3 Å². The average Bonchev–Trinajstić information content (AvgIpc) is 3.09. The highest BCUT2D eigenvalue weighted by atomic mass is 19.4. The van der Waals surface area contributed by atoms with E-state index in [1.54, 1.807) is 6.20 Å². The lowest BCUT2D eigenvalue weighted by atomic mass is 9.96. The molecule has 2 aromatic heterocycles. The molecular weight excluding hydrogens is 379 g/mol. The molecule has 0 aliphatic carbocycles. The number of benzene rings is 1. The Balaban J connectivity index is 1.55. The number of hydrogen-bond donors (Lipinski definition) is 0. The monoisotopic (exact) mass is 401 g/mol. The molecule has 0 spiro atoms. The second-order valence-electron chi connectivity index (χ2n) is 7.37. The Morgan fingerprint density at radius 1 is 1.14 bits per heavy atom. The number of rotatable bonds is 4. The number of aryl methyl sites for hydroxylation is 1. The van der Waals surface area contributed by atoms with Crippen LogP contribution in [-0.4, -0.2) is 21.4 Å². The zero-order valence-corrected chi connectivity index (χ0v) is 16.1. The summed E-state index contributed by atoms with van der Waals surface area (Å²) < 4.78 is 44.1. The fourth-order valence-corrected chi connectivity index (χ4v) is 3.82. The van der Waals surface area contributed by atoms with Gasteiger partial charge in [0.25, 0.3) is 0 Å². The lowest BCUT2D eigenvalue weighted by molar-refractivity contribution is -0.137. The van der Waals surface area contributed by atoms with Gasteiger partial charge in [-0.1, -0.05) is 12.5 Å². The third-order valence-electron chi connectivity index (χ3n) is 5.39. The lowest BCUT2D eigenvalue weighted by Gasteiger charge is -2.35. The third kappa shape index (κ3) is 4.34. The number of nitrogens with zero attached hydrogens (tertiary/aromatic N) is 3. The molecule has 0 radical (unpaired) electrons. The second-order valence-corrected chi connectivity index (χ2v) is 7.37. The van der Waals surface area contributed by atoms with Gasteiger partial charge in [-0.3, -0.25) is 9.88 Å². The smallest absolute Gasteiger partial charge is 0.416 e. The molecule has 0 bridgehead atoms. The minimum absolute atomic E-state index is 0.281. The van der Waals surface area contributed by atoms with Gasteiger partial charge < -0.3 is 4.42 Å². The summed E-state index contributed by atoms with van der Waals surface area (Å²) in [6.07, 6.45) is 2.69. The SMILES string of the molecule is Cc1oc(-c2ccc(C(F)(F)F)cc2)nc1CN1CCCC[C@H]1c1cccnc1. The van der Waals surface area contributed by atoms with Crippen LogP contribution in [0.25, 0.3) is 11.5 Å². The predicted molar refractivity (Wildman–Crippen MR) is 103 cm³/mol. The van der Waals surface area contributed by atoms with Crippen LogP contribution in [0, 0.1) is 6.92 Å². The zero-order chi connectivity index (χ0) is 20.4. The molecule has 1 aromatic carbocycles. The fourth-order valence-electron chi connectivity index (χ4n) is 3.82. The van der Waals surface area contributed by atoms with Crippen LogP contribution >= 0.6 is 0 Å². The van der Waals surface area contributed by atoms with Crippen LogP contribution in [0.2, 0.25) is 0 Å². The molecule has 4 nitrogen and oxygen atoms in total. The zero-order valence-electron chi connectivity index (χ0n) is 16.1. The number of piperidine rings is 1. The van der Waals surface area contributed by atoms with E-state index < -0.39 is 11.7 Å². The van der Waals surface area contributed by atoms with Crippen molar-refractivity contribution in [3.63, 3.8) is 0 Å². The molecule has 1 aliphatic heterocycles. The first-order valence-corrected chi connectivity index (χ1v) is 9.70. The van der Waals surface area contributed by atoms with Gasteiger partial charge in [0.15, 0.2) is 0 Å². The average molecular weight is 401 g/mol. The van der Waals surface area contributed by atoms with E-state index in [0.717, 1.165) is 37.2 Å². The Hall–Kier alpha value is -2.67. The van der Waals surface area contributed by atoms with Crippen LogP contribution in [0.4, 0.5) is 13.2 Å². The largest absolute Gasteiger partial charge is 0.441 e. The van der Waals surface area contributed by atoms with Crippen molar-refractivity contribution in [3.8, 4) is 11.5 Å². The standard InChI is InChI=1S/C22H22F3N3O/c1-15-19(14-28-12-3-2-6-20(28)17-5-4-11-26-13-17)27-21(29-15)16-7-9-18(10-8-16)22(23,24)25/h4-5,7-11,13,20H,2-3,6,12,14H2,1H3/t20-/m0/s1. The van der Waals surface area contributed by atoms with E-state index in [9.17, 15) is 13.2 Å². The molecule has 0 unspecified atom stereocenters. The number of pyridine rings is 1. The molecule has 1 saturated heterocycles. The minimum Gasteiger partial charge on any atom is -0.441 e. The summed E-state index contributed by atoms with van der Waals surface area (Å²) in [6.45, 7) is 3.44. The Labute approximate surface area is 167 Å². The van der Waals surface area contributed by atoms with E-state index in [1.165, 1.54) is 24.1 Å². The first-order chi connectivity index (χ1) is 13.9. The summed E-state index contributed by atoms with van der Waals surface area (Å²) in [5, 5.41) is 0. The van der Waals surface area contributed by atoms with Gasteiger partial charge in [-0.2, -0.15) is 13.2 Å². The van der Waals surface area contributed by atoms with Crippen LogP contribution in [-0.2, 0) is 12.7 Å². The molecule has 3 aromatic rings. The Morgan fingerprint density at radius 3 is 2.62 bits per heavy atom. The summed E-state index contributed by atoms with van der Waals surface area (Å²) in [4.78, 5) is 11.2. The summed E-state index contributed by atoms with van der Waals surface area (Å²) in [5.41, 5.74) is 1.86. The van der Waals surface area contributed by atoms with E-state index in [4.69, 9.17) is 4.42 Å². The first-order valence-electron chi connectivity index (χ1n) is 9.70. The van der Waals surface area contributed by atoms with Crippen molar-refractivity contribution in [1.82, 2.24) is 14.9 Å². The molecule has 1 aliphatic rings. The van der Waals surface area contributed by atoms with Gasteiger partial charge in [-0.05, 0) is 62.2 Å². The molecule has 7 heteroatoms. The number of oxazole rings is 1. The maximum Gasteiger partial charge on any atom is 0.416 e. The maximum atomic E-state index is 12.8. The van der Waals surface area contributed by atoms with Gasteiger partial charge in [0.2, 0.25) is 5.89 Å². The normalized spacial score (nSPS) is 18.1. The number of halogens is 3. The third-order valence-corrected chi connectivity index (χ3v) is 5.39. The van der Waals surface area contributed by atoms with Crippen molar-refractivity contribution in [1.29, 1.82) is 0 Å². The first kappa shape index (κ1) is 19.6. The Bertz CT molecular complexity index is 952. The maximum absolute atomic E-state index is 12.8. The topological polar surface area (TPSA) is 42.2 Å². The molecule has 0 N–H and O–H groups in total. The number of alkyl halides is 3. The fraction of sp³-hybridized carbons (Fsp3) is 0.364. The van der Waals surface area contributed by atoms with Crippen LogP contribution in [0.15, 0.2) is 53.2 Å². The van der Waals surface area contributed by atoms with Gasteiger partial charge in [-0.25, -0.2) is 4.98 Å². The molecule has 1 fully saturated rings. The van der Waals surface area contributed by atoms with Crippen molar-refractivity contribution < 1.29 is 17.6 Å². The van der Waals surface area contributed by atoms with Crippen LogP contribution in [0.5, 0.6) is 0 Å². The van der Waals surface area contributed by atoms with Crippen LogP contribution < -0.4 is 0 Å². The number of hydrogen-bond acceptors (Lipinski definition) is 4. The molecule has 29 heavy (non-hydrogen) atoms. The van der Waals surface area contributed by atoms with E-state index in [0.29, 0.717) is 23.8 Å². The van der Waals surface area contributed by atoms with E-state index in [-0.39, 0.29) is 6.04 Å². The highest BCUT2D eigenvalue weighted by Gasteiger charge is 2.30. The molecule has 152 valence electrons. The molecule has 0 saturated carbocycles. The summed E-state index contributed by atoms with van der Waals surface area (Å²) in [5.74, 6) is 1.04. The highest BCUT2D eigenvalue weighted by Crippen LogP contribution is 2.34. The quantitative estimate of drug-likeness (QED) is 0.555. The van der Waals surface area contributed by atoms with Gasteiger partial charge in [-0.15, -0.1) is 0 Å². The Kier molecular flexibility index (Phi) is 5.41. The van der Waals surface area contributed by atoms with E-state index in [2.05, 4.69) is 20.9 Å². The van der Waals surface area contributed by atoms with Crippen molar-refractivity contribution in [2.75, 3.05) is 6.54 Å². The second kappa shape index (κ2) is 7.99. The lowest BCUT2D eigenvalue weighted by Crippen LogP contribution is -2.33. The van der Waals surface area contributed by atoms with Gasteiger partial charge >= 0.3 is 6.18 Å². The van der Waals surface area contributed by atoms with Crippen LogP contribution in [0.1, 0.15) is 47.9 Å². The highest BCUT2D eigenvalue weighted by molar-refractivity contribution is 5.54. The molecule has 1 atom stereocenters. The van der Waals surface area contributed by atoms with Crippen molar-refractivity contribution in [2.24, 2.45) is 0 Å². The summed E-state index contributed by atoms with van der Waals surface area (Å²) in [7, 11) is 0. The van der Waals surface area contributed by atoms with Crippen molar-refractivity contribution in [2.45, 2.75) is 44.9 Å². The predicted octanol–water partition coefficient (Wildman–Crippen LogP) is 5.79. The van der Waals surface area contributed by atoms with Gasteiger partial charge in [0, 0.05) is 30.5 Å². The molecule has 3 heterocycles.